The molecule has 0 saturated heterocycles. The van der Waals surface area contributed by atoms with Crippen molar-refractivity contribution in [3.63, 3.8) is 0 Å². The fourth-order valence-electron chi connectivity index (χ4n) is 1.57. The fraction of sp³-hybridized carbons (Fsp3) is 0.167. The number of ketones is 1. The van der Waals surface area contributed by atoms with Crippen LogP contribution in [0.5, 0.6) is 0 Å². The molecule has 2 aromatic rings. The number of hydrogen-bond donors (Lipinski definition) is 0. The molecule has 17 heavy (non-hydrogen) atoms. The van der Waals surface area contributed by atoms with Gasteiger partial charge < -0.3 is 0 Å². The summed E-state index contributed by atoms with van der Waals surface area (Å²) in [6.45, 7) is 0. The minimum atomic E-state index is 0.0289. The molecule has 0 fully saturated rings. The summed E-state index contributed by atoms with van der Waals surface area (Å²) >= 11 is 9.22. The van der Waals surface area contributed by atoms with Crippen LogP contribution in [0.2, 0.25) is 5.02 Å². The Balaban J connectivity index is 2.19. The Kier molecular flexibility index (Phi) is 3.64. The maximum Gasteiger partial charge on any atom is 0.167 e. The average Bonchev–Trinajstić information content (AvgIpc) is 2.62. The highest BCUT2D eigenvalue weighted by Gasteiger charge is 2.10. The Hall–Kier alpha value is -1.13. The van der Waals surface area contributed by atoms with Gasteiger partial charge in [-0.1, -0.05) is 27.5 Å². The maximum absolute atomic E-state index is 12.0. The van der Waals surface area contributed by atoms with Crippen molar-refractivity contribution in [1.29, 1.82) is 0 Å². The summed E-state index contributed by atoms with van der Waals surface area (Å²) in [5.41, 5.74) is 1.50. The number of Topliss-reactive ketones (excluding diaryl/α,β-unsaturated/α-hetero) is 1. The van der Waals surface area contributed by atoms with E-state index in [-0.39, 0.29) is 5.78 Å². The van der Waals surface area contributed by atoms with Gasteiger partial charge in [0, 0.05) is 34.7 Å². The van der Waals surface area contributed by atoms with Crippen LogP contribution < -0.4 is 0 Å². The van der Waals surface area contributed by atoms with Crippen LogP contribution in [0.4, 0.5) is 0 Å². The van der Waals surface area contributed by atoms with Crippen LogP contribution in [-0.4, -0.2) is 15.6 Å². The molecule has 3 nitrogen and oxygen atoms in total. The molecule has 0 aliphatic heterocycles. The van der Waals surface area contributed by atoms with E-state index in [9.17, 15) is 4.79 Å². The van der Waals surface area contributed by atoms with E-state index in [1.807, 2.05) is 13.2 Å². The first kappa shape index (κ1) is 12.3. The van der Waals surface area contributed by atoms with Crippen molar-refractivity contribution in [2.24, 2.45) is 7.05 Å². The smallest absolute Gasteiger partial charge is 0.167 e. The molecular weight excluding hydrogens is 304 g/mol. The molecule has 0 aliphatic rings. The number of nitrogens with zero attached hydrogens (tertiary/aromatic N) is 2. The van der Waals surface area contributed by atoms with E-state index in [1.165, 1.54) is 0 Å². The Bertz CT molecular complexity index is 545. The average molecular weight is 314 g/mol. The lowest BCUT2D eigenvalue weighted by Gasteiger charge is -2.01. The molecule has 2 rings (SSSR count). The van der Waals surface area contributed by atoms with Gasteiger partial charge in [-0.3, -0.25) is 9.48 Å². The van der Waals surface area contributed by atoms with E-state index in [2.05, 4.69) is 21.0 Å². The third kappa shape index (κ3) is 3.17. The Morgan fingerprint density at radius 3 is 2.82 bits per heavy atom. The zero-order chi connectivity index (χ0) is 12.4. The Morgan fingerprint density at radius 1 is 1.47 bits per heavy atom. The highest BCUT2D eigenvalue weighted by molar-refractivity contribution is 9.10. The summed E-state index contributed by atoms with van der Waals surface area (Å²) in [7, 11) is 1.82. The molecule has 0 atom stereocenters. The molecule has 0 amide bonds. The van der Waals surface area contributed by atoms with Crippen LogP contribution in [0.25, 0.3) is 0 Å². The molecule has 1 aromatic carbocycles. The third-order valence-corrected chi connectivity index (χ3v) is 2.98. The van der Waals surface area contributed by atoms with Gasteiger partial charge in [0.1, 0.15) is 0 Å². The molecule has 0 unspecified atom stereocenters. The number of halogens is 2. The fourth-order valence-corrected chi connectivity index (χ4v) is 2.43. The van der Waals surface area contributed by atoms with Crippen molar-refractivity contribution in [2.45, 2.75) is 6.42 Å². The molecule has 5 heteroatoms. The SMILES string of the molecule is Cn1cc(CC(=O)c2cc(Cl)cc(Br)c2)cn1. The predicted molar refractivity (Wildman–Crippen MR) is 70.4 cm³/mol. The number of rotatable bonds is 3. The molecule has 0 radical (unpaired) electrons. The normalized spacial score (nSPS) is 10.5. The van der Waals surface area contributed by atoms with Crippen molar-refractivity contribution >= 4 is 33.3 Å². The van der Waals surface area contributed by atoms with E-state index in [0.717, 1.165) is 10.0 Å². The minimum Gasteiger partial charge on any atom is -0.294 e. The standard InChI is InChI=1S/C12H10BrClN2O/c1-16-7-8(6-15-16)2-12(17)9-3-10(13)5-11(14)4-9/h3-7H,2H2,1H3. The van der Waals surface area contributed by atoms with Crippen molar-refractivity contribution in [2.75, 3.05) is 0 Å². The van der Waals surface area contributed by atoms with Crippen LogP contribution in [0.15, 0.2) is 35.1 Å². The minimum absolute atomic E-state index is 0.0289. The van der Waals surface area contributed by atoms with E-state index < -0.39 is 0 Å². The van der Waals surface area contributed by atoms with Crippen molar-refractivity contribution in [3.8, 4) is 0 Å². The van der Waals surface area contributed by atoms with Crippen molar-refractivity contribution < 1.29 is 4.79 Å². The first-order valence-corrected chi connectivity index (χ1v) is 6.18. The molecule has 0 aliphatic carbocycles. The number of hydrogen-bond acceptors (Lipinski definition) is 2. The van der Waals surface area contributed by atoms with Crippen molar-refractivity contribution in [3.05, 3.63) is 51.2 Å². The summed E-state index contributed by atoms with van der Waals surface area (Å²) < 4.78 is 2.48. The monoisotopic (exact) mass is 312 g/mol. The first-order chi connectivity index (χ1) is 8.04. The van der Waals surface area contributed by atoms with Crippen LogP contribution in [0.1, 0.15) is 15.9 Å². The topological polar surface area (TPSA) is 34.9 Å². The zero-order valence-corrected chi connectivity index (χ0v) is 11.5. The van der Waals surface area contributed by atoms with Gasteiger partial charge in [-0.15, -0.1) is 0 Å². The molecule has 0 bridgehead atoms. The molecular formula is C12H10BrClN2O. The highest BCUT2D eigenvalue weighted by Crippen LogP contribution is 2.20. The Morgan fingerprint density at radius 2 is 2.24 bits per heavy atom. The van der Waals surface area contributed by atoms with E-state index in [0.29, 0.717) is 17.0 Å². The van der Waals surface area contributed by atoms with Gasteiger partial charge in [-0.25, -0.2) is 0 Å². The van der Waals surface area contributed by atoms with Gasteiger partial charge in [0.15, 0.2) is 5.78 Å². The third-order valence-electron chi connectivity index (χ3n) is 2.31. The molecule has 1 aromatic heterocycles. The second-order valence-electron chi connectivity index (χ2n) is 3.78. The molecule has 1 heterocycles. The van der Waals surface area contributed by atoms with Gasteiger partial charge in [-0.2, -0.15) is 5.10 Å². The van der Waals surface area contributed by atoms with E-state index in [1.54, 1.807) is 29.1 Å². The van der Waals surface area contributed by atoms with Crippen LogP contribution in [0, 0.1) is 0 Å². The summed E-state index contributed by atoms with van der Waals surface area (Å²) in [6.07, 6.45) is 3.86. The van der Waals surface area contributed by atoms with Crippen LogP contribution in [0.3, 0.4) is 0 Å². The van der Waals surface area contributed by atoms with Crippen LogP contribution >= 0.6 is 27.5 Å². The number of carbonyl (C=O) groups excluding carboxylic acids is 1. The summed E-state index contributed by atoms with van der Waals surface area (Å²) in [4.78, 5) is 12.0. The van der Waals surface area contributed by atoms with Crippen molar-refractivity contribution in [1.82, 2.24) is 9.78 Å². The van der Waals surface area contributed by atoms with E-state index in [4.69, 9.17) is 11.6 Å². The lowest BCUT2D eigenvalue weighted by Crippen LogP contribution is -2.03. The maximum atomic E-state index is 12.0. The van der Waals surface area contributed by atoms with Gasteiger partial charge in [0.25, 0.3) is 0 Å². The summed E-state index contributed by atoms with van der Waals surface area (Å²) in [5, 5.41) is 4.58. The molecule has 88 valence electrons. The zero-order valence-electron chi connectivity index (χ0n) is 9.15. The highest BCUT2D eigenvalue weighted by atomic mass is 79.9. The Labute approximate surface area is 113 Å². The lowest BCUT2D eigenvalue weighted by molar-refractivity contribution is 0.0993. The summed E-state index contributed by atoms with van der Waals surface area (Å²) in [6, 6.07) is 5.19. The van der Waals surface area contributed by atoms with Gasteiger partial charge in [0.2, 0.25) is 0 Å². The largest absolute Gasteiger partial charge is 0.294 e. The summed E-state index contributed by atoms with van der Waals surface area (Å²) in [5.74, 6) is 0.0289. The predicted octanol–water partition coefficient (Wildman–Crippen LogP) is 3.26. The lowest BCUT2D eigenvalue weighted by atomic mass is 10.1. The van der Waals surface area contributed by atoms with Gasteiger partial charge in [-0.05, 0) is 23.8 Å². The second-order valence-corrected chi connectivity index (χ2v) is 5.13. The molecule has 0 saturated carbocycles. The number of carbonyl (C=O) groups is 1. The number of aryl methyl sites for hydroxylation is 1. The molecule has 0 spiro atoms. The second kappa shape index (κ2) is 5.02. The van der Waals surface area contributed by atoms with Gasteiger partial charge in [0.05, 0.1) is 6.20 Å². The van der Waals surface area contributed by atoms with Gasteiger partial charge >= 0.3 is 0 Å². The number of benzene rings is 1. The van der Waals surface area contributed by atoms with Crippen LogP contribution in [-0.2, 0) is 13.5 Å². The number of aromatic nitrogens is 2. The molecule has 0 N–H and O–H groups in total. The van der Waals surface area contributed by atoms with E-state index >= 15 is 0 Å². The quantitative estimate of drug-likeness (QED) is 0.815. The first-order valence-electron chi connectivity index (χ1n) is 5.01.